The molecular weight excluding hydrogens is 202 g/mol. The Morgan fingerprint density at radius 1 is 1.38 bits per heavy atom. The number of hydrogen-bond donors (Lipinski definition) is 2. The predicted molar refractivity (Wildman–Crippen MR) is 66.4 cm³/mol. The summed E-state index contributed by atoms with van der Waals surface area (Å²) >= 11 is 0. The molecule has 4 nitrogen and oxygen atoms in total. The molecule has 0 spiro atoms. The van der Waals surface area contributed by atoms with Crippen LogP contribution in [0.4, 0.5) is 0 Å². The van der Waals surface area contributed by atoms with Crippen molar-refractivity contribution in [2.45, 2.75) is 38.1 Å². The summed E-state index contributed by atoms with van der Waals surface area (Å²) < 4.78 is 0. The van der Waals surface area contributed by atoms with Gasteiger partial charge in [0.15, 0.2) is 0 Å². The lowest BCUT2D eigenvalue weighted by Gasteiger charge is -2.35. The first-order chi connectivity index (χ1) is 7.77. The summed E-state index contributed by atoms with van der Waals surface area (Å²) in [7, 11) is 3.71. The molecule has 0 saturated carbocycles. The Kier molecular flexibility index (Phi) is 6.42. The van der Waals surface area contributed by atoms with Gasteiger partial charge in [0.1, 0.15) is 0 Å². The van der Waals surface area contributed by atoms with E-state index < -0.39 is 0 Å². The van der Waals surface area contributed by atoms with E-state index in [1.54, 1.807) is 7.05 Å². The zero-order valence-corrected chi connectivity index (χ0v) is 10.6. The molecule has 1 fully saturated rings. The standard InChI is InChI=1S/C12H25N3O/c1-13-10-11-6-3-4-8-15(11)9-5-7-12(16)14-2/h11,13H,3-10H2,1-2H3,(H,14,16). The van der Waals surface area contributed by atoms with Crippen molar-refractivity contribution in [1.82, 2.24) is 15.5 Å². The third-order valence-corrected chi connectivity index (χ3v) is 3.32. The van der Waals surface area contributed by atoms with Crippen LogP contribution in [0.15, 0.2) is 0 Å². The minimum Gasteiger partial charge on any atom is -0.359 e. The van der Waals surface area contributed by atoms with Crippen molar-refractivity contribution in [3.63, 3.8) is 0 Å². The summed E-state index contributed by atoms with van der Waals surface area (Å²) in [6.07, 6.45) is 5.57. The molecular formula is C12H25N3O. The zero-order chi connectivity index (χ0) is 11.8. The van der Waals surface area contributed by atoms with Crippen LogP contribution in [0.25, 0.3) is 0 Å². The fourth-order valence-electron chi connectivity index (χ4n) is 2.39. The zero-order valence-electron chi connectivity index (χ0n) is 10.6. The minimum absolute atomic E-state index is 0.155. The molecule has 0 aromatic heterocycles. The van der Waals surface area contributed by atoms with Crippen molar-refractivity contribution in [3.8, 4) is 0 Å². The molecule has 1 aliphatic heterocycles. The van der Waals surface area contributed by atoms with Gasteiger partial charge in [-0.15, -0.1) is 0 Å². The Balaban J connectivity index is 2.24. The first kappa shape index (κ1) is 13.5. The first-order valence-corrected chi connectivity index (χ1v) is 6.37. The van der Waals surface area contributed by atoms with E-state index in [2.05, 4.69) is 15.5 Å². The molecule has 0 aromatic carbocycles. The van der Waals surface area contributed by atoms with E-state index in [-0.39, 0.29) is 5.91 Å². The molecule has 1 unspecified atom stereocenters. The third kappa shape index (κ3) is 4.49. The van der Waals surface area contributed by atoms with Gasteiger partial charge >= 0.3 is 0 Å². The Morgan fingerprint density at radius 2 is 2.19 bits per heavy atom. The fourth-order valence-corrected chi connectivity index (χ4v) is 2.39. The SMILES string of the molecule is CNCC1CCCCN1CCCC(=O)NC. The molecule has 1 aliphatic rings. The number of nitrogens with one attached hydrogen (secondary N) is 2. The van der Waals surface area contributed by atoms with Crippen molar-refractivity contribution in [1.29, 1.82) is 0 Å². The predicted octanol–water partition coefficient (Wildman–Crippen LogP) is 0.587. The van der Waals surface area contributed by atoms with Gasteiger partial charge in [-0.1, -0.05) is 6.42 Å². The Hall–Kier alpha value is -0.610. The maximum Gasteiger partial charge on any atom is 0.219 e. The van der Waals surface area contributed by atoms with Crippen molar-refractivity contribution < 1.29 is 4.79 Å². The highest BCUT2D eigenvalue weighted by Crippen LogP contribution is 2.16. The van der Waals surface area contributed by atoms with Gasteiger partial charge in [-0.3, -0.25) is 9.69 Å². The first-order valence-electron chi connectivity index (χ1n) is 6.37. The van der Waals surface area contributed by atoms with Crippen molar-refractivity contribution in [3.05, 3.63) is 0 Å². The van der Waals surface area contributed by atoms with Crippen LogP contribution in [0.3, 0.4) is 0 Å². The van der Waals surface area contributed by atoms with Crippen LogP contribution in [-0.2, 0) is 4.79 Å². The minimum atomic E-state index is 0.155. The maximum atomic E-state index is 11.1. The number of rotatable bonds is 6. The van der Waals surface area contributed by atoms with Gasteiger partial charge in [-0.05, 0) is 39.4 Å². The lowest BCUT2D eigenvalue weighted by molar-refractivity contribution is -0.120. The molecule has 1 saturated heterocycles. The van der Waals surface area contributed by atoms with Crippen LogP contribution in [0.2, 0.25) is 0 Å². The molecule has 94 valence electrons. The van der Waals surface area contributed by atoms with Crippen molar-refractivity contribution in [2.24, 2.45) is 0 Å². The van der Waals surface area contributed by atoms with Crippen molar-refractivity contribution in [2.75, 3.05) is 33.7 Å². The average Bonchev–Trinajstić information content (AvgIpc) is 2.31. The van der Waals surface area contributed by atoms with Gasteiger partial charge in [0.05, 0.1) is 0 Å². The second-order valence-electron chi connectivity index (χ2n) is 4.52. The molecule has 0 aromatic rings. The molecule has 16 heavy (non-hydrogen) atoms. The summed E-state index contributed by atoms with van der Waals surface area (Å²) in [6, 6.07) is 0.670. The van der Waals surface area contributed by atoms with E-state index in [4.69, 9.17) is 0 Å². The van der Waals surface area contributed by atoms with Crippen LogP contribution >= 0.6 is 0 Å². The lowest BCUT2D eigenvalue weighted by atomic mass is 10.0. The van der Waals surface area contributed by atoms with Crippen LogP contribution in [0.5, 0.6) is 0 Å². The van der Waals surface area contributed by atoms with E-state index in [0.717, 1.165) is 19.5 Å². The van der Waals surface area contributed by atoms with Crippen LogP contribution in [-0.4, -0.2) is 50.6 Å². The van der Waals surface area contributed by atoms with Gasteiger partial charge in [-0.25, -0.2) is 0 Å². The smallest absolute Gasteiger partial charge is 0.219 e. The quantitative estimate of drug-likeness (QED) is 0.698. The molecule has 1 amide bonds. The molecule has 0 radical (unpaired) electrons. The third-order valence-electron chi connectivity index (χ3n) is 3.32. The number of likely N-dealkylation sites (tertiary alicyclic amines) is 1. The Labute approximate surface area is 98.8 Å². The molecule has 0 aliphatic carbocycles. The summed E-state index contributed by atoms with van der Waals surface area (Å²) in [5, 5.41) is 5.93. The summed E-state index contributed by atoms with van der Waals surface area (Å²) in [5.74, 6) is 0.155. The van der Waals surface area contributed by atoms with E-state index >= 15 is 0 Å². The fraction of sp³-hybridized carbons (Fsp3) is 0.917. The van der Waals surface area contributed by atoms with Gasteiger partial charge in [0.25, 0.3) is 0 Å². The number of amides is 1. The number of nitrogens with zero attached hydrogens (tertiary/aromatic N) is 1. The largest absolute Gasteiger partial charge is 0.359 e. The number of hydrogen-bond acceptors (Lipinski definition) is 3. The second-order valence-corrected chi connectivity index (χ2v) is 4.52. The average molecular weight is 227 g/mol. The second kappa shape index (κ2) is 7.63. The monoisotopic (exact) mass is 227 g/mol. The lowest BCUT2D eigenvalue weighted by Crippen LogP contribution is -2.45. The van der Waals surface area contributed by atoms with E-state index in [9.17, 15) is 4.79 Å². The summed E-state index contributed by atoms with van der Waals surface area (Å²) in [4.78, 5) is 13.6. The molecule has 1 rings (SSSR count). The summed E-state index contributed by atoms with van der Waals surface area (Å²) in [5.41, 5.74) is 0. The van der Waals surface area contributed by atoms with Crippen LogP contribution in [0.1, 0.15) is 32.1 Å². The van der Waals surface area contributed by atoms with Crippen molar-refractivity contribution >= 4 is 5.91 Å². The molecule has 0 bridgehead atoms. The number of carbonyl (C=O) groups is 1. The summed E-state index contributed by atoms with van der Waals surface area (Å²) in [6.45, 7) is 3.32. The number of carbonyl (C=O) groups excluding carboxylic acids is 1. The highest BCUT2D eigenvalue weighted by atomic mass is 16.1. The van der Waals surface area contributed by atoms with Gasteiger partial charge in [-0.2, -0.15) is 0 Å². The Bertz CT molecular complexity index is 206. The van der Waals surface area contributed by atoms with Crippen LogP contribution < -0.4 is 10.6 Å². The van der Waals surface area contributed by atoms with Gasteiger partial charge in [0.2, 0.25) is 5.91 Å². The molecule has 2 N–H and O–H groups in total. The number of likely N-dealkylation sites (N-methyl/N-ethyl adjacent to an activating group) is 1. The molecule has 1 heterocycles. The van der Waals surface area contributed by atoms with E-state index in [1.807, 2.05) is 7.05 Å². The maximum absolute atomic E-state index is 11.1. The van der Waals surface area contributed by atoms with Crippen LogP contribution in [0, 0.1) is 0 Å². The van der Waals surface area contributed by atoms with Gasteiger partial charge in [0, 0.05) is 26.1 Å². The van der Waals surface area contributed by atoms with Gasteiger partial charge < -0.3 is 10.6 Å². The highest BCUT2D eigenvalue weighted by molar-refractivity contribution is 5.75. The van der Waals surface area contributed by atoms with E-state index in [1.165, 1.54) is 25.8 Å². The molecule has 1 atom stereocenters. The topological polar surface area (TPSA) is 44.4 Å². The van der Waals surface area contributed by atoms with E-state index in [0.29, 0.717) is 12.5 Å². The molecule has 4 heteroatoms. The highest BCUT2D eigenvalue weighted by Gasteiger charge is 2.20. The Morgan fingerprint density at radius 3 is 2.88 bits per heavy atom. The normalized spacial score (nSPS) is 22.0. The number of piperidine rings is 1.